The Morgan fingerprint density at radius 2 is 2.05 bits per heavy atom. The molecule has 1 amide bonds. The first-order chi connectivity index (χ1) is 9.01. The van der Waals surface area contributed by atoms with Gasteiger partial charge in [-0.2, -0.15) is 0 Å². The van der Waals surface area contributed by atoms with E-state index in [9.17, 15) is 4.79 Å². The van der Waals surface area contributed by atoms with E-state index in [1.165, 1.54) is 0 Å². The molecular weight excluding hydrogens is 244 g/mol. The van der Waals surface area contributed by atoms with Crippen LogP contribution in [0.2, 0.25) is 0 Å². The lowest BCUT2D eigenvalue weighted by atomic mass is 10.1. The molecule has 1 aromatic carbocycles. The monoisotopic (exact) mass is 266 g/mol. The molecule has 0 saturated heterocycles. The second-order valence-corrected chi connectivity index (χ2v) is 4.41. The van der Waals surface area contributed by atoms with Crippen LogP contribution in [0.25, 0.3) is 0 Å². The van der Waals surface area contributed by atoms with E-state index in [-0.39, 0.29) is 5.91 Å². The van der Waals surface area contributed by atoms with Gasteiger partial charge in [0.1, 0.15) is 11.5 Å². The van der Waals surface area contributed by atoms with Gasteiger partial charge in [-0.3, -0.25) is 4.79 Å². The summed E-state index contributed by atoms with van der Waals surface area (Å²) in [5, 5.41) is 2.78. The van der Waals surface area contributed by atoms with Gasteiger partial charge in [0.2, 0.25) is 5.91 Å². The van der Waals surface area contributed by atoms with Crippen molar-refractivity contribution in [2.75, 3.05) is 20.8 Å². The van der Waals surface area contributed by atoms with Crippen molar-refractivity contribution in [2.24, 2.45) is 5.73 Å². The van der Waals surface area contributed by atoms with Crippen LogP contribution in [0.1, 0.15) is 18.1 Å². The minimum Gasteiger partial charge on any atom is -0.496 e. The van der Waals surface area contributed by atoms with Crippen molar-refractivity contribution in [3.8, 4) is 11.5 Å². The maximum Gasteiger partial charge on any atom is 0.236 e. The van der Waals surface area contributed by atoms with Crippen molar-refractivity contribution in [2.45, 2.75) is 26.3 Å². The maximum atomic E-state index is 11.4. The largest absolute Gasteiger partial charge is 0.496 e. The molecule has 0 fully saturated rings. The summed E-state index contributed by atoms with van der Waals surface area (Å²) in [6, 6.07) is 3.36. The van der Waals surface area contributed by atoms with E-state index in [2.05, 4.69) is 5.32 Å². The molecule has 1 unspecified atom stereocenters. The normalized spacial score (nSPS) is 11.8. The molecule has 0 saturated carbocycles. The van der Waals surface area contributed by atoms with Gasteiger partial charge in [-0.05, 0) is 31.9 Å². The molecule has 1 atom stereocenters. The Bertz CT molecular complexity index is 445. The summed E-state index contributed by atoms with van der Waals surface area (Å²) >= 11 is 0. The van der Waals surface area contributed by atoms with Crippen LogP contribution in [0.5, 0.6) is 11.5 Å². The van der Waals surface area contributed by atoms with Crippen molar-refractivity contribution >= 4 is 5.91 Å². The molecule has 5 heteroatoms. The molecular formula is C14H22N2O3. The third-order valence-corrected chi connectivity index (χ3v) is 2.97. The van der Waals surface area contributed by atoms with Gasteiger partial charge in [0, 0.05) is 12.1 Å². The number of nitrogens with two attached hydrogens (primary N) is 1. The Balaban J connectivity index is 2.74. The molecule has 0 aliphatic carbocycles. The van der Waals surface area contributed by atoms with Crippen LogP contribution in [0.15, 0.2) is 12.1 Å². The molecule has 3 N–H and O–H groups in total. The number of nitrogens with one attached hydrogen (secondary N) is 1. The molecule has 0 aliphatic rings. The molecule has 0 heterocycles. The van der Waals surface area contributed by atoms with E-state index < -0.39 is 6.04 Å². The third-order valence-electron chi connectivity index (χ3n) is 2.97. The zero-order chi connectivity index (χ0) is 14.4. The van der Waals surface area contributed by atoms with Gasteiger partial charge in [-0.1, -0.05) is 6.07 Å². The lowest BCUT2D eigenvalue weighted by molar-refractivity contribution is -0.121. The van der Waals surface area contributed by atoms with Crippen molar-refractivity contribution in [1.29, 1.82) is 0 Å². The molecule has 5 nitrogen and oxygen atoms in total. The van der Waals surface area contributed by atoms with E-state index in [1.54, 1.807) is 21.1 Å². The second-order valence-electron chi connectivity index (χ2n) is 4.41. The zero-order valence-electron chi connectivity index (χ0n) is 11.9. The predicted molar refractivity (Wildman–Crippen MR) is 74.6 cm³/mol. The minimum atomic E-state index is -0.487. The summed E-state index contributed by atoms with van der Waals surface area (Å²) < 4.78 is 10.7. The highest BCUT2D eigenvalue weighted by Crippen LogP contribution is 2.31. The fourth-order valence-electron chi connectivity index (χ4n) is 1.91. The SMILES string of the molecule is COc1ccc(CCNC(=O)C(C)N)c(OC)c1C. The first-order valence-corrected chi connectivity index (χ1v) is 6.25. The highest BCUT2D eigenvalue weighted by atomic mass is 16.5. The lowest BCUT2D eigenvalue weighted by Crippen LogP contribution is -2.39. The number of hydrogen-bond donors (Lipinski definition) is 2. The van der Waals surface area contributed by atoms with Gasteiger partial charge < -0.3 is 20.5 Å². The summed E-state index contributed by atoms with van der Waals surface area (Å²) in [6.07, 6.45) is 0.687. The summed E-state index contributed by atoms with van der Waals surface area (Å²) in [6.45, 7) is 4.14. The van der Waals surface area contributed by atoms with Crippen LogP contribution in [-0.2, 0) is 11.2 Å². The number of amides is 1. The van der Waals surface area contributed by atoms with E-state index in [0.29, 0.717) is 13.0 Å². The average Bonchev–Trinajstić information content (AvgIpc) is 2.38. The van der Waals surface area contributed by atoms with Crippen molar-refractivity contribution < 1.29 is 14.3 Å². The number of carbonyl (C=O) groups is 1. The Labute approximate surface area is 114 Å². The van der Waals surface area contributed by atoms with E-state index in [4.69, 9.17) is 15.2 Å². The van der Waals surface area contributed by atoms with Gasteiger partial charge in [0.25, 0.3) is 0 Å². The van der Waals surface area contributed by atoms with Crippen molar-refractivity contribution in [3.05, 3.63) is 23.3 Å². The summed E-state index contributed by atoms with van der Waals surface area (Å²) in [5.74, 6) is 1.44. The van der Waals surface area contributed by atoms with E-state index in [1.807, 2.05) is 19.1 Å². The predicted octanol–water partition coefficient (Wildman–Crippen LogP) is 1.02. The molecule has 106 valence electrons. The van der Waals surface area contributed by atoms with Gasteiger partial charge >= 0.3 is 0 Å². The molecule has 1 rings (SSSR count). The highest BCUT2D eigenvalue weighted by Gasteiger charge is 2.12. The van der Waals surface area contributed by atoms with Crippen LogP contribution < -0.4 is 20.5 Å². The average molecular weight is 266 g/mol. The molecule has 0 radical (unpaired) electrons. The number of benzene rings is 1. The smallest absolute Gasteiger partial charge is 0.236 e. The molecule has 19 heavy (non-hydrogen) atoms. The molecule has 0 bridgehead atoms. The van der Waals surface area contributed by atoms with Crippen LogP contribution >= 0.6 is 0 Å². The first kappa shape index (κ1) is 15.3. The van der Waals surface area contributed by atoms with Gasteiger partial charge in [0.15, 0.2) is 0 Å². The summed E-state index contributed by atoms with van der Waals surface area (Å²) in [7, 11) is 3.26. The quantitative estimate of drug-likeness (QED) is 0.806. The molecule has 0 aliphatic heterocycles. The van der Waals surface area contributed by atoms with Crippen molar-refractivity contribution in [3.63, 3.8) is 0 Å². The van der Waals surface area contributed by atoms with Crippen LogP contribution in [0, 0.1) is 6.92 Å². The minimum absolute atomic E-state index is 0.149. The summed E-state index contributed by atoms with van der Waals surface area (Å²) in [5.41, 5.74) is 7.47. The number of methoxy groups -OCH3 is 2. The highest BCUT2D eigenvalue weighted by molar-refractivity contribution is 5.80. The topological polar surface area (TPSA) is 73.6 Å². The zero-order valence-corrected chi connectivity index (χ0v) is 11.9. The Kier molecular flexibility index (Phi) is 5.63. The maximum absolute atomic E-state index is 11.4. The Morgan fingerprint density at radius 1 is 1.37 bits per heavy atom. The van der Waals surface area contributed by atoms with E-state index in [0.717, 1.165) is 22.6 Å². The van der Waals surface area contributed by atoms with Gasteiger partial charge in [-0.15, -0.1) is 0 Å². The fourth-order valence-corrected chi connectivity index (χ4v) is 1.91. The number of hydrogen-bond acceptors (Lipinski definition) is 4. The number of rotatable bonds is 6. The van der Waals surface area contributed by atoms with Crippen LogP contribution in [0.4, 0.5) is 0 Å². The Hall–Kier alpha value is -1.75. The number of ether oxygens (including phenoxy) is 2. The van der Waals surface area contributed by atoms with Crippen molar-refractivity contribution in [1.82, 2.24) is 5.32 Å². The molecule has 1 aromatic rings. The lowest BCUT2D eigenvalue weighted by Gasteiger charge is -2.15. The third kappa shape index (κ3) is 3.86. The molecule has 0 aromatic heterocycles. The summed E-state index contributed by atoms with van der Waals surface area (Å²) in [4.78, 5) is 11.4. The van der Waals surface area contributed by atoms with Gasteiger partial charge in [0.05, 0.1) is 20.3 Å². The van der Waals surface area contributed by atoms with E-state index >= 15 is 0 Å². The molecule has 0 spiro atoms. The van der Waals surface area contributed by atoms with Crippen LogP contribution in [-0.4, -0.2) is 32.7 Å². The Morgan fingerprint density at radius 3 is 2.58 bits per heavy atom. The van der Waals surface area contributed by atoms with Crippen LogP contribution in [0.3, 0.4) is 0 Å². The number of carbonyl (C=O) groups excluding carboxylic acids is 1. The van der Waals surface area contributed by atoms with Gasteiger partial charge in [-0.25, -0.2) is 0 Å². The standard InChI is InChI=1S/C14H22N2O3/c1-9-12(18-3)6-5-11(13(9)19-4)7-8-16-14(17)10(2)15/h5-6,10H,7-8,15H2,1-4H3,(H,16,17). The fraction of sp³-hybridized carbons (Fsp3) is 0.500. The second kappa shape index (κ2) is 6.99. The first-order valence-electron chi connectivity index (χ1n) is 6.25.